The lowest BCUT2D eigenvalue weighted by atomic mass is 10.1. The van der Waals surface area contributed by atoms with Crippen LogP contribution in [0.3, 0.4) is 0 Å². The van der Waals surface area contributed by atoms with Gasteiger partial charge in [0, 0.05) is 11.6 Å². The van der Waals surface area contributed by atoms with Crippen LogP contribution in [0.2, 0.25) is 0 Å². The van der Waals surface area contributed by atoms with Crippen molar-refractivity contribution < 1.29 is 18.0 Å². The largest absolute Gasteiger partial charge is 0.322 e. The first-order valence-electron chi connectivity index (χ1n) is 5.62. The van der Waals surface area contributed by atoms with Crippen LogP contribution in [0.15, 0.2) is 36.4 Å². The lowest BCUT2D eigenvalue weighted by Crippen LogP contribution is -2.15. The molecule has 2 rings (SSSR count). The van der Waals surface area contributed by atoms with Gasteiger partial charge in [0.1, 0.15) is 0 Å². The van der Waals surface area contributed by atoms with Crippen LogP contribution in [-0.2, 0) is 5.88 Å². The van der Waals surface area contributed by atoms with Crippen molar-refractivity contribution >= 4 is 23.2 Å². The molecule has 1 N–H and O–H groups in total. The molecule has 0 heterocycles. The molecule has 0 spiro atoms. The molecule has 0 aliphatic carbocycles. The highest BCUT2D eigenvalue weighted by molar-refractivity contribution is 6.17. The number of hydrogen-bond donors (Lipinski definition) is 1. The number of hydrogen-bond acceptors (Lipinski definition) is 1. The van der Waals surface area contributed by atoms with E-state index in [2.05, 4.69) is 5.32 Å². The van der Waals surface area contributed by atoms with Crippen LogP contribution in [0.5, 0.6) is 0 Å². The van der Waals surface area contributed by atoms with Gasteiger partial charge in [-0.15, -0.1) is 11.6 Å². The molecule has 20 heavy (non-hydrogen) atoms. The zero-order valence-corrected chi connectivity index (χ0v) is 10.8. The van der Waals surface area contributed by atoms with Crippen LogP contribution in [0.4, 0.5) is 18.9 Å². The maximum atomic E-state index is 13.5. The van der Waals surface area contributed by atoms with Gasteiger partial charge >= 0.3 is 0 Å². The van der Waals surface area contributed by atoms with Crippen molar-refractivity contribution in [2.75, 3.05) is 5.32 Å². The highest BCUT2D eigenvalue weighted by Gasteiger charge is 2.18. The monoisotopic (exact) mass is 299 g/mol. The minimum atomic E-state index is -1.67. The topological polar surface area (TPSA) is 29.1 Å². The molecule has 6 heteroatoms. The number of benzene rings is 2. The smallest absolute Gasteiger partial charge is 0.258 e. The van der Waals surface area contributed by atoms with E-state index in [4.69, 9.17) is 11.6 Å². The predicted molar refractivity (Wildman–Crippen MR) is 70.3 cm³/mol. The Morgan fingerprint density at radius 2 is 1.85 bits per heavy atom. The van der Waals surface area contributed by atoms with Gasteiger partial charge in [-0.2, -0.15) is 0 Å². The predicted octanol–water partition coefficient (Wildman–Crippen LogP) is 4.10. The second kappa shape index (κ2) is 5.96. The Labute approximate surface area is 118 Å². The summed E-state index contributed by atoms with van der Waals surface area (Å²) in [5.74, 6) is -5.15. The van der Waals surface area contributed by atoms with Crippen molar-refractivity contribution in [1.82, 2.24) is 0 Å². The van der Waals surface area contributed by atoms with Crippen LogP contribution < -0.4 is 5.32 Å². The molecule has 0 aliphatic rings. The van der Waals surface area contributed by atoms with Gasteiger partial charge in [0.15, 0.2) is 17.5 Å². The number of amides is 1. The standard InChI is InChI=1S/C14H9ClF3NO/c15-7-8-2-1-3-9(6-8)19-14(20)10-4-5-11(16)13(18)12(10)17/h1-6H,7H2,(H,19,20). The maximum absolute atomic E-state index is 13.5. The summed E-state index contributed by atoms with van der Waals surface area (Å²) >= 11 is 5.65. The summed E-state index contributed by atoms with van der Waals surface area (Å²) in [6, 6.07) is 8.17. The quantitative estimate of drug-likeness (QED) is 0.671. The zero-order chi connectivity index (χ0) is 14.7. The van der Waals surface area contributed by atoms with Crippen LogP contribution in [-0.4, -0.2) is 5.91 Å². The van der Waals surface area contributed by atoms with Crippen LogP contribution in [0.1, 0.15) is 15.9 Å². The van der Waals surface area contributed by atoms with Gasteiger partial charge in [0.25, 0.3) is 5.91 Å². The fourth-order valence-corrected chi connectivity index (χ4v) is 1.80. The van der Waals surface area contributed by atoms with Crippen LogP contribution in [0, 0.1) is 17.5 Å². The van der Waals surface area contributed by atoms with E-state index >= 15 is 0 Å². The Bertz CT molecular complexity index is 661. The fourth-order valence-electron chi connectivity index (χ4n) is 1.63. The van der Waals surface area contributed by atoms with E-state index in [1.165, 1.54) is 0 Å². The molecule has 2 aromatic carbocycles. The van der Waals surface area contributed by atoms with Gasteiger partial charge in [-0.25, -0.2) is 13.2 Å². The van der Waals surface area contributed by atoms with Gasteiger partial charge in [0.05, 0.1) is 5.56 Å². The Balaban J connectivity index is 2.26. The average molecular weight is 300 g/mol. The van der Waals surface area contributed by atoms with Gasteiger partial charge in [0.2, 0.25) is 0 Å². The third kappa shape index (κ3) is 2.93. The van der Waals surface area contributed by atoms with Crippen molar-refractivity contribution in [2.24, 2.45) is 0 Å². The normalized spacial score (nSPS) is 10.4. The number of carbonyl (C=O) groups excluding carboxylic acids is 1. The summed E-state index contributed by atoms with van der Waals surface area (Å²) in [4.78, 5) is 11.8. The molecule has 0 atom stereocenters. The number of carbonyl (C=O) groups is 1. The zero-order valence-electron chi connectivity index (χ0n) is 10.1. The van der Waals surface area contributed by atoms with E-state index in [0.717, 1.165) is 11.6 Å². The average Bonchev–Trinajstić information content (AvgIpc) is 2.45. The molecular formula is C14H9ClF3NO. The molecule has 0 radical (unpaired) electrons. The lowest BCUT2D eigenvalue weighted by molar-refractivity contribution is 0.102. The lowest BCUT2D eigenvalue weighted by Gasteiger charge is -2.08. The molecular weight excluding hydrogens is 291 g/mol. The molecule has 0 aliphatic heterocycles. The van der Waals surface area contributed by atoms with Crippen molar-refractivity contribution in [3.63, 3.8) is 0 Å². The number of nitrogens with one attached hydrogen (secondary N) is 1. The summed E-state index contributed by atoms with van der Waals surface area (Å²) in [6.07, 6.45) is 0. The molecule has 0 fully saturated rings. The summed E-state index contributed by atoms with van der Waals surface area (Å²) in [5.41, 5.74) is 0.577. The molecule has 1 amide bonds. The van der Waals surface area contributed by atoms with Crippen molar-refractivity contribution in [2.45, 2.75) is 5.88 Å². The summed E-state index contributed by atoms with van der Waals surface area (Å²) < 4.78 is 39.3. The molecule has 0 saturated heterocycles. The Hall–Kier alpha value is -2.01. The van der Waals surface area contributed by atoms with Gasteiger partial charge in [-0.05, 0) is 29.8 Å². The minimum Gasteiger partial charge on any atom is -0.322 e. The maximum Gasteiger partial charge on any atom is 0.258 e. The van der Waals surface area contributed by atoms with Crippen molar-refractivity contribution in [1.29, 1.82) is 0 Å². The van der Waals surface area contributed by atoms with Crippen molar-refractivity contribution in [3.05, 3.63) is 65.0 Å². The Kier molecular flexibility index (Phi) is 4.29. The molecule has 104 valence electrons. The summed E-state index contributed by atoms with van der Waals surface area (Å²) in [7, 11) is 0. The highest BCUT2D eigenvalue weighted by atomic mass is 35.5. The third-order valence-electron chi connectivity index (χ3n) is 2.62. The van der Waals surface area contributed by atoms with E-state index in [-0.39, 0.29) is 5.88 Å². The van der Waals surface area contributed by atoms with Crippen molar-refractivity contribution in [3.8, 4) is 0 Å². The SMILES string of the molecule is O=C(Nc1cccc(CCl)c1)c1ccc(F)c(F)c1F. The van der Waals surface area contributed by atoms with E-state index in [1.54, 1.807) is 24.3 Å². The molecule has 0 aromatic heterocycles. The molecule has 0 saturated carbocycles. The molecule has 2 nitrogen and oxygen atoms in total. The van der Waals surface area contributed by atoms with E-state index in [0.29, 0.717) is 11.8 Å². The first-order chi connectivity index (χ1) is 9.52. The fraction of sp³-hybridized carbons (Fsp3) is 0.0714. The minimum absolute atomic E-state index is 0.253. The molecule has 0 unspecified atom stereocenters. The second-order valence-corrected chi connectivity index (χ2v) is 4.28. The number of anilines is 1. The highest BCUT2D eigenvalue weighted by Crippen LogP contribution is 2.18. The van der Waals surface area contributed by atoms with E-state index < -0.39 is 28.9 Å². The van der Waals surface area contributed by atoms with E-state index in [1.807, 2.05) is 0 Å². The Morgan fingerprint density at radius 3 is 2.55 bits per heavy atom. The van der Waals surface area contributed by atoms with E-state index in [9.17, 15) is 18.0 Å². The first-order valence-corrected chi connectivity index (χ1v) is 6.16. The number of alkyl halides is 1. The van der Waals surface area contributed by atoms with Gasteiger partial charge in [-0.3, -0.25) is 4.79 Å². The number of rotatable bonds is 3. The van der Waals surface area contributed by atoms with Crippen LogP contribution in [0.25, 0.3) is 0 Å². The second-order valence-electron chi connectivity index (χ2n) is 4.01. The number of halogens is 4. The first kappa shape index (κ1) is 14.4. The molecule has 2 aromatic rings. The third-order valence-corrected chi connectivity index (χ3v) is 2.93. The van der Waals surface area contributed by atoms with Gasteiger partial charge in [-0.1, -0.05) is 12.1 Å². The summed E-state index contributed by atoms with van der Waals surface area (Å²) in [5, 5.41) is 2.39. The Morgan fingerprint density at radius 1 is 1.10 bits per heavy atom. The van der Waals surface area contributed by atoms with Gasteiger partial charge < -0.3 is 5.32 Å². The van der Waals surface area contributed by atoms with Crippen LogP contribution >= 0.6 is 11.6 Å². The molecule has 0 bridgehead atoms. The summed E-state index contributed by atoms with van der Waals surface area (Å²) in [6.45, 7) is 0.